The SMILES string of the molecule is CC(=O)C1CCC(C(=O)Oc2ccc(OC(=O)C3CCC(C(C)=O)CC3)c3sc(-c4cc5cc(C(C)C)ccc5o4)nc23)CC1. The fourth-order valence-corrected chi connectivity index (χ4v) is 7.59. The monoisotopic (exact) mass is 629 g/mol. The summed E-state index contributed by atoms with van der Waals surface area (Å²) in [6, 6.07) is 11.4. The molecule has 8 nitrogen and oxygen atoms in total. The molecule has 0 radical (unpaired) electrons. The van der Waals surface area contributed by atoms with Crippen molar-refractivity contribution >= 4 is 56.0 Å². The number of furan rings is 1. The number of nitrogens with zero attached hydrogens (tertiary/aromatic N) is 1. The van der Waals surface area contributed by atoms with Gasteiger partial charge in [0.05, 0.1) is 11.8 Å². The van der Waals surface area contributed by atoms with Gasteiger partial charge in [0.1, 0.15) is 27.4 Å². The molecule has 0 spiro atoms. The summed E-state index contributed by atoms with van der Waals surface area (Å²) in [6.45, 7) is 7.51. The topological polar surface area (TPSA) is 113 Å². The van der Waals surface area contributed by atoms with Gasteiger partial charge in [0.15, 0.2) is 22.3 Å². The number of ketones is 2. The second kappa shape index (κ2) is 12.9. The molecule has 2 aromatic carbocycles. The van der Waals surface area contributed by atoms with E-state index in [0.29, 0.717) is 89.8 Å². The molecular formula is C36H39NO7S. The molecule has 0 bridgehead atoms. The van der Waals surface area contributed by atoms with Crippen molar-refractivity contribution < 1.29 is 33.1 Å². The van der Waals surface area contributed by atoms with Gasteiger partial charge in [-0.2, -0.15) is 0 Å². The number of carbonyl (C=O) groups excluding carboxylic acids is 4. The van der Waals surface area contributed by atoms with Crippen molar-refractivity contribution in [3.63, 3.8) is 0 Å². The number of aromatic nitrogens is 1. The molecular weight excluding hydrogens is 590 g/mol. The van der Waals surface area contributed by atoms with E-state index in [1.54, 1.807) is 26.0 Å². The summed E-state index contributed by atoms with van der Waals surface area (Å²) in [4.78, 5) is 55.0. The molecule has 2 aliphatic carbocycles. The molecule has 4 aromatic rings. The number of hydrogen-bond donors (Lipinski definition) is 0. The summed E-state index contributed by atoms with van der Waals surface area (Å²) >= 11 is 1.32. The minimum atomic E-state index is -0.343. The lowest BCUT2D eigenvalue weighted by molar-refractivity contribution is -0.141. The van der Waals surface area contributed by atoms with Crippen LogP contribution in [0.15, 0.2) is 40.8 Å². The lowest BCUT2D eigenvalue weighted by Crippen LogP contribution is -2.28. The third kappa shape index (κ3) is 6.59. The van der Waals surface area contributed by atoms with Gasteiger partial charge in [-0.1, -0.05) is 19.9 Å². The number of hydrogen-bond acceptors (Lipinski definition) is 9. The Morgan fingerprint density at radius 1 is 0.756 bits per heavy atom. The Morgan fingerprint density at radius 3 is 1.84 bits per heavy atom. The fraction of sp³-hybridized carbons (Fsp3) is 0.472. The van der Waals surface area contributed by atoms with E-state index in [1.807, 2.05) is 12.1 Å². The second-order valence-electron chi connectivity index (χ2n) is 13.0. The highest BCUT2D eigenvalue weighted by Crippen LogP contribution is 2.43. The summed E-state index contributed by atoms with van der Waals surface area (Å²) < 4.78 is 18.7. The average Bonchev–Trinajstić information content (AvgIpc) is 3.67. The maximum absolute atomic E-state index is 13.3. The molecule has 0 atom stereocenters. The highest BCUT2D eigenvalue weighted by molar-refractivity contribution is 7.22. The Labute approximate surface area is 266 Å². The van der Waals surface area contributed by atoms with Crippen LogP contribution < -0.4 is 9.47 Å². The van der Waals surface area contributed by atoms with Crippen LogP contribution in [0.2, 0.25) is 0 Å². The number of esters is 2. The standard InChI is InChI=1S/C36H39NO7S/c1-19(2)26-13-14-28-27(17-26)18-31(42-28)34-37-32-29(43-35(40)24-9-5-22(6-10-24)20(3)38)15-16-30(33(32)45-34)44-36(41)25-11-7-23(8-12-25)21(4)39/h13-19,22-25H,5-12H2,1-4H3. The van der Waals surface area contributed by atoms with Crippen LogP contribution in [0.4, 0.5) is 0 Å². The summed E-state index contributed by atoms with van der Waals surface area (Å²) in [5.74, 6) is 0.717. The van der Waals surface area contributed by atoms with E-state index in [9.17, 15) is 19.2 Å². The van der Waals surface area contributed by atoms with Crippen LogP contribution in [-0.2, 0) is 19.2 Å². The molecule has 0 N–H and O–H groups in total. The summed E-state index contributed by atoms with van der Waals surface area (Å²) in [7, 11) is 0. The van der Waals surface area contributed by atoms with Crippen LogP contribution in [0.1, 0.15) is 90.5 Å². The Bertz CT molecular complexity index is 1680. The van der Waals surface area contributed by atoms with E-state index in [0.717, 1.165) is 11.0 Å². The Kier molecular flexibility index (Phi) is 8.91. The number of Topliss-reactive ketones (excluding diaryl/α,β-unsaturated/α-hetero) is 2. The predicted octanol–water partition coefficient (Wildman–Crippen LogP) is 8.43. The van der Waals surface area contributed by atoms with Crippen LogP contribution in [0.5, 0.6) is 11.5 Å². The third-order valence-corrected chi connectivity index (χ3v) is 10.7. The highest BCUT2D eigenvalue weighted by Gasteiger charge is 2.32. The van der Waals surface area contributed by atoms with Crippen molar-refractivity contribution in [1.82, 2.24) is 4.98 Å². The van der Waals surface area contributed by atoms with Gasteiger partial charge >= 0.3 is 11.9 Å². The summed E-state index contributed by atoms with van der Waals surface area (Å²) in [6.07, 6.45) is 5.16. The van der Waals surface area contributed by atoms with Gasteiger partial charge in [0.25, 0.3) is 0 Å². The Balaban J connectivity index is 1.30. The third-order valence-electron chi connectivity index (χ3n) is 9.58. The average molecular weight is 630 g/mol. The zero-order chi connectivity index (χ0) is 31.8. The fourth-order valence-electron chi connectivity index (χ4n) is 6.61. The van der Waals surface area contributed by atoms with Gasteiger partial charge in [0.2, 0.25) is 0 Å². The van der Waals surface area contributed by atoms with Gasteiger partial charge in [-0.05, 0) is 107 Å². The largest absolute Gasteiger partial charge is 0.454 e. The van der Waals surface area contributed by atoms with Crippen LogP contribution in [0.3, 0.4) is 0 Å². The first-order chi connectivity index (χ1) is 21.6. The van der Waals surface area contributed by atoms with Crippen LogP contribution in [0.25, 0.3) is 32.0 Å². The van der Waals surface area contributed by atoms with E-state index < -0.39 is 0 Å². The lowest BCUT2D eigenvalue weighted by Gasteiger charge is -2.25. The first-order valence-corrected chi connectivity index (χ1v) is 16.8. The molecule has 2 fully saturated rings. The number of carbonyl (C=O) groups is 4. The normalized spacial score (nSPS) is 22.1. The zero-order valence-electron chi connectivity index (χ0n) is 26.2. The van der Waals surface area contributed by atoms with Gasteiger partial charge in [-0.15, -0.1) is 11.3 Å². The summed E-state index contributed by atoms with van der Waals surface area (Å²) in [5, 5.41) is 1.55. The van der Waals surface area contributed by atoms with Gasteiger partial charge < -0.3 is 13.9 Å². The molecule has 45 heavy (non-hydrogen) atoms. The summed E-state index contributed by atoms with van der Waals surface area (Å²) in [5.41, 5.74) is 2.38. The van der Waals surface area contributed by atoms with E-state index in [1.165, 1.54) is 16.9 Å². The van der Waals surface area contributed by atoms with Gasteiger partial charge in [-0.3, -0.25) is 19.2 Å². The highest BCUT2D eigenvalue weighted by atomic mass is 32.1. The minimum Gasteiger partial charge on any atom is -0.454 e. The molecule has 2 aromatic heterocycles. The van der Waals surface area contributed by atoms with Crippen LogP contribution in [0, 0.1) is 23.7 Å². The number of thiazole rings is 1. The number of rotatable bonds is 8. The molecule has 9 heteroatoms. The van der Waals surface area contributed by atoms with E-state index in [-0.39, 0.29) is 47.2 Å². The predicted molar refractivity (Wildman–Crippen MR) is 172 cm³/mol. The van der Waals surface area contributed by atoms with Crippen molar-refractivity contribution in [3.8, 4) is 22.3 Å². The van der Waals surface area contributed by atoms with Crippen molar-refractivity contribution in [3.05, 3.63) is 42.0 Å². The maximum Gasteiger partial charge on any atom is 0.314 e. The molecule has 0 aliphatic heterocycles. The smallest absolute Gasteiger partial charge is 0.314 e. The molecule has 2 saturated carbocycles. The van der Waals surface area contributed by atoms with Crippen LogP contribution in [-0.4, -0.2) is 28.5 Å². The zero-order valence-corrected chi connectivity index (χ0v) is 27.0. The van der Waals surface area contributed by atoms with Crippen LogP contribution >= 0.6 is 11.3 Å². The maximum atomic E-state index is 13.3. The second-order valence-corrected chi connectivity index (χ2v) is 14.0. The van der Waals surface area contributed by atoms with Crippen molar-refractivity contribution in [1.29, 1.82) is 0 Å². The number of benzene rings is 2. The Morgan fingerprint density at radius 2 is 1.29 bits per heavy atom. The molecule has 0 unspecified atom stereocenters. The first-order valence-electron chi connectivity index (χ1n) is 16.0. The lowest BCUT2D eigenvalue weighted by atomic mass is 9.80. The van der Waals surface area contributed by atoms with Crippen molar-refractivity contribution in [2.45, 2.75) is 85.0 Å². The number of fused-ring (bicyclic) bond motifs is 2. The molecule has 0 amide bonds. The number of ether oxygens (including phenoxy) is 2. The quantitative estimate of drug-likeness (QED) is 0.141. The molecule has 0 saturated heterocycles. The van der Waals surface area contributed by atoms with E-state index >= 15 is 0 Å². The minimum absolute atomic E-state index is 0.00811. The molecule has 236 valence electrons. The van der Waals surface area contributed by atoms with E-state index in [2.05, 4.69) is 26.0 Å². The van der Waals surface area contributed by atoms with Gasteiger partial charge in [0, 0.05) is 17.2 Å². The van der Waals surface area contributed by atoms with Gasteiger partial charge in [-0.25, -0.2) is 4.98 Å². The Hall–Kier alpha value is -3.85. The molecule has 2 aliphatic rings. The van der Waals surface area contributed by atoms with Crippen molar-refractivity contribution in [2.75, 3.05) is 0 Å². The van der Waals surface area contributed by atoms with E-state index in [4.69, 9.17) is 18.9 Å². The molecule has 6 rings (SSSR count). The first kappa shape index (κ1) is 31.1. The molecule has 2 heterocycles. The van der Waals surface area contributed by atoms with Crippen molar-refractivity contribution in [2.24, 2.45) is 23.7 Å².